The number of imidazole rings is 1. The number of anilines is 1. The number of benzene rings is 1. The van der Waals surface area contributed by atoms with Crippen LogP contribution >= 0.6 is 23.4 Å². The van der Waals surface area contributed by atoms with E-state index in [1.54, 1.807) is 31.6 Å². The SMILES string of the molecule is COc1ccc(-n2ccnc2SC(C)C(=O)Nc2cccnc2Cl)cc1. The molecule has 8 heteroatoms. The van der Waals surface area contributed by atoms with E-state index in [9.17, 15) is 4.79 Å². The number of methoxy groups -OCH3 is 1. The van der Waals surface area contributed by atoms with Crippen molar-refractivity contribution in [2.24, 2.45) is 0 Å². The number of carbonyl (C=O) groups is 1. The van der Waals surface area contributed by atoms with Gasteiger partial charge >= 0.3 is 0 Å². The van der Waals surface area contributed by atoms with E-state index in [1.165, 1.54) is 11.8 Å². The first-order chi connectivity index (χ1) is 12.6. The van der Waals surface area contributed by atoms with Crippen molar-refractivity contribution in [2.45, 2.75) is 17.3 Å². The zero-order valence-electron chi connectivity index (χ0n) is 14.2. The third-order valence-corrected chi connectivity index (χ3v) is 5.01. The summed E-state index contributed by atoms with van der Waals surface area (Å²) >= 11 is 7.35. The van der Waals surface area contributed by atoms with Crippen molar-refractivity contribution >= 4 is 35.0 Å². The van der Waals surface area contributed by atoms with Crippen LogP contribution in [0.15, 0.2) is 60.1 Å². The lowest BCUT2D eigenvalue weighted by molar-refractivity contribution is -0.115. The minimum atomic E-state index is -0.370. The maximum Gasteiger partial charge on any atom is 0.237 e. The predicted molar refractivity (Wildman–Crippen MR) is 103 cm³/mol. The molecule has 0 aliphatic carbocycles. The summed E-state index contributed by atoms with van der Waals surface area (Å²) in [5.74, 6) is 0.610. The summed E-state index contributed by atoms with van der Waals surface area (Å²) in [5, 5.41) is 3.40. The van der Waals surface area contributed by atoms with Gasteiger partial charge in [-0.05, 0) is 43.3 Å². The zero-order chi connectivity index (χ0) is 18.5. The molecule has 0 spiro atoms. The average Bonchev–Trinajstić information content (AvgIpc) is 3.11. The van der Waals surface area contributed by atoms with E-state index in [2.05, 4.69) is 15.3 Å². The van der Waals surface area contributed by atoms with E-state index in [0.717, 1.165) is 16.6 Å². The van der Waals surface area contributed by atoms with Crippen molar-refractivity contribution < 1.29 is 9.53 Å². The number of hydrogen-bond donors (Lipinski definition) is 1. The first-order valence-corrected chi connectivity index (χ1v) is 9.10. The number of thioether (sulfide) groups is 1. The highest BCUT2D eigenvalue weighted by atomic mass is 35.5. The lowest BCUT2D eigenvalue weighted by Crippen LogP contribution is -2.23. The molecule has 3 rings (SSSR count). The summed E-state index contributed by atoms with van der Waals surface area (Å²) in [4.78, 5) is 20.8. The molecule has 6 nitrogen and oxygen atoms in total. The normalized spacial score (nSPS) is 11.8. The Labute approximate surface area is 160 Å². The second kappa shape index (κ2) is 8.25. The Balaban J connectivity index is 1.72. The van der Waals surface area contributed by atoms with E-state index in [4.69, 9.17) is 16.3 Å². The smallest absolute Gasteiger partial charge is 0.237 e. The molecule has 2 heterocycles. The number of hydrogen-bond acceptors (Lipinski definition) is 5. The molecule has 1 N–H and O–H groups in total. The molecule has 1 aromatic carbocycles. The molecule has 0 radical (unpaired) electrons. The molecular formula is C18H17ClN4O2S. The van der Waals surface area contributed by atoms with Gasteiger partial charge in [-0.15, -0.1) is 0 Å². The molecule has 1 atom stereocenters. The van der Waals surface area contributed by atoms with Gasteiger partial charge in [0.1, 0.15) is 5.75 Å². The summed E-state index contributed by atoms with van der Waals surface area (Å²) in [7, 11) is 1.63. The number of carbonyl (C=O) groups excluding carboxylic acids is 1. The van der Waals surface area contributed by atoms with E-state index in [1.807, 2.05) is 42.0 Å². The van der Waals surface area contributed by atoms with Crippen molar-refractivity contribution in [2.75, 3.05) is 12.4 Å². The molecular weight excluding hydrogens is 372 g/mol. The van der Waals surface area contributed by atoms with Crippen molar-refractivity contribution in [3.05, 3.63) is 60.1 Å². The van der Waals surface area contributed by atoms with E-state index < -0.39 is 0 Å². The molecule has 0 aliphatic heterocycles. The molecule has 0 aliphatic rings. The molecule has 2 aromatic heterocycles. The number of aromatic nitrogens is 3. The highest BCUT2D eigenvalue weighted by Gasteiger charge is 2.19. The topological polar surface area (TPSA) is 69.0 Å². The van der Waals surface area contributed by atoms with Gasteiger partial charge in [0.05, 0.1) is 18.0 Å². The van der Waals surface area contributed by atoms with Crippen LogP contribution in [-0.4, -0.2) is 32.8 Å². The lowest BCUT2D eigenvalue weighted by atomic mass is 10.3. The third kappa shape index (κ3) is 4.17. The Morgan fingerprint density at radius 1 is 1.23 bits per heavy atom. The van der Waals surface area contributed by atoms with Gasteiger partial charge in [-0.3, -0.25) is 9.36 Å². The van der Waals surface area contributed by atoms with Crippen LogP contribution in [0.2, 0.25) is 5.15 Å². The maximum atomic E-state index is 12.5. The number of halogens is 1. The molecule has 0 saturated heterocycles. The van der Waals surface area contributed by atoms with Gasteiger partial charge in [0.15, 0.2) is 10.3 Å². The van der Waals surface area contributed by atoms with Crippen molar-refractivity contribution in [3.8, 4) is 11.4 Å². The Morgan fingerprint density at radius 2 is 2.00 bits per heavy atom. The number of ether oxygens (including phenoxy) is 1. The van der Waals surface area contributed by atoms with Gasteiger partial charge in [0.2, 0.25) is 5.91 Å². The summed E-state index contributed by atoms with van der Waals surface area (Å²) in [6, 6.07) is 11.1. The van der Waals surface area contributed by atoms with Crippen LogP contribution < -0.4 is 10.1 Å². The van der Waals surface area contributed by atoms with Crippen LogP contribution in [0.1, 0.15) is 6.92 Å². The Kier molecular flexibility index (Phi) is 5.80. The standard InChI is InChI=1S/C18H17ClN4O2S/c1-12(17(24)22-15-4-3-9-20-16(15)19)26-18-21-10-11-23(18)13-5-7-14(25-2)8-6-13/h3-12H,1-2H3,(H,22,24). The summed E-state index contributed by atoms with van der Waals surface area (Å²) in [6.45, 7) is 1.82. The number of rotatable bonds is 6. The molecule has 0 fully saturated rings. The number of amides is 1. The van der Waals surface area contributed by atoms with Crippen LogP contribution in [0.5, 0.6) is 5.75 Å². The van der Waals surface area contributed by atoms with Crippen molar-refractivity contribution in [3.63, 3.8) is 0 Å². The first-order valence-electron chi connectivity index (χ1n) is 7.84. The quantitative estimate of drug-likeness (QED) is 0.509. The minimum absolute atomic E-state index is 0.172. The van der Waals surface area contributed by atoms with Gasteiger partial charge in [-0.25, -0.2) is 9.97 Å². The fourth-order valence-corrected chi connectivity index (χ4v) is 3.29. The number of nitrogens with zero attached hydrogens (tertiary/aromatic N) is 3. The maximum absolute atomic E-state index is 12.5. The van der Waals surface area contributed by atoms with Gasteiger partial charge < -0.3 is 10.1 Å². The molecule has 0 bridgehead atoms. The Morgan fingerprint density at radius 3 is 2.69 bits per heavy atom. The number of nitrogens with one attached hydrogen (secondary N) is 1. The van der Waals surface area contributed by atoms with E-state index >= 15 is 0 Å². The Bertz CT molecular complexity index is 898. The second-order valence-electron chi connectivity index (χ2n) is 5.37. The van der Waals surface area contributed by atoms with Crippen LogP contribution in [0.3, 0.4) is 0 Å². The van der Waals surface area contributed by atoms with Crippen molar-refractivity contribution in [1.82, 2.24) is 14.5 Å². The second-order valence-corrected chi connectivity index (χ2v) is 7.03. The van der Waals surface area contributed by atoms with Gasteiger partial charge in [0.25, 0.3) is 0 Å². The highest BCUT2D eigenvalue weighted by Crippen LogP contribution is 2.27. The predicted octanol–water partition coefficient (Wildman–Crippen LogP) is 4.05. The van der Waals surface area contributed by atoms with Gasteiger partial charge in [-0.2, -0.15) is 0 Å². The fraction of sp³-hybridized carbons (Fsp3) is 0.167. The first kappa shape index (κ1) is 18.3. The molecule has 134 valence electrons. The van der Waals surface area contributed by atoms with Gasteiger partial charge in [0, 0.05) is 24.3 Å². The highest BCUT2D eigenvalue weighted by molar-refractivity contribution is 8.00. The molecule has 26 heavy (non-hydrogen) atoms. The van der Waals surface area contributed by atoms with Crippen LogP contribution in [0.25, 0.3) is 5.69 Å². The lowest BCUT2D eigenvalue weighted by Gasteiger charge is -2.13. The van der Waals surface area contributed by atoms with E-state index in [-0.39, 0.29) is 16.3 Å². The van der Waals surface area contributed by atoms with Crippen LogP contribution in [0, 0.1) is 0 Å². The van der Waals surface area contributed by atoms with Crippen molar-refractivity contribution in [1.29, 1.82) is 0 Å². The van der Waals surface area contributed by atoms with E-state index in [0.29, 0.717) is 5.69 Å². The Hall–Kier alpha value is -2.51. The zero-order valence-corrected chi connectivity index (χ0v) is 15.8. The fourth-order valence-electron chi connectivity index (χ4n) is 2.24. The largest absolute Gasteiger partial charge is 0.497 e. The monoisotopic (exact) mass is 388 g/mol. The summed E-state index contributed by atoms with van der Waals surface area (Å²) < 4.78 is 7.10. The summed E-state index contributed by atoms with van der Waals surface area (Å²) in [5.41, 5.74) is 1.43. The average molecular weight is 389 g/mol. The third-order valence-electron chi connectivity index (χ3n) is 3.63. The molecule has 0 saturated carbocycles. The molecule has 1 unspecified atom stereocenters. The summed E-state index contributed by atoms with van der Waals surface area (Å²) in [6.07, 6.45) is 5.13. The number of pyridine rings is 1. The molecule has 3 aromatic rings. The van der Waals surface area contributed by atoms with Crippen LogP contribution in [-0.2, 0) is 4.79 Å². The van der Waals surface area contributed by atoms with Crippen LogP contribution in [0.4, 0.5) is 5.69 Å². The minimum Gasteiger partial charge on any atom is -0.497 e. The van der Waals surface area contributed by atoms with Gasteiger partial charge in [-0.1, -0.05) is 23.4 Å². The molecule has 1 amide bonds.